The number of urea groups is 1. The summed E-state index contributed by atoms with van der Waals surface area (Å²) in [4.78, 5) is 37.4. The number of likely N-dealkylation sites (tertiary alicyclic amines) is 1. The molecule has 1 aliphatic heterocycles. The van der Waals surface area contributed by atoms with Crippen molar-refractivity contribution >= 4 is 17.9 Å². The summed E-state index contributed by atoms with van der Waals surface area (Å²) < 4.78 is 0. The molecule has 1 fully saturated rings. The highest BCUT2D eigenvalue weighted by Gasteiger charge is 2.42. The molecule has 2 N–H and O–H groups in total. The normalized spacial score (nSPS) is 22.2. The van der Waals surface area contributed by atoms with Crippen molar-refractivity contribution in [1.82, 2.24) is 15.1 Å². The Morgan fingerprint density at radius 3 is 2.53 bits per heavy atom. The lowest BCUT2D eigenvalue weighted by molar-refractivity contribution is -0.137. The van der Waals surface area contributed by atoms with Gasteiger partial charge in [-0.25, -0.2) is 4.79 Å². The molecule has 0 bridgehead atoms. The summed E-state index contributed by atoms with van der Waals surface area (Å²) in [5.74, 6) is -1.13. The molecular formula is C12H21N3O4. The summed E-state index contributed by atoms with van der Waals surface area (Å²) in [5.41, 5.74) is -0.590. The molecule has 19 heavy (non-hydrogen) atoms. The third-order valence-electron chi connectivity index (χ3n) is 3.50. The third kappa shape index (κ3) is 3.36. The molecule has 1 aliphatic rings. The number of carbonyl (C=O) groups is 3. The molecule has 108 valence electrons. The highest BCUT2D eigenvalue weighted by atomic mass is 16.4. The van der Waals surface area contributed by atoms with Gasteiger partial charge in [0.1, 0.15) is 6.54 Å². The van der Waals surface area contributed by atoms with Gasteiger partial charge in [0, 0.05) is 26.7 Å². The van der Waals surface area contributed by atoms with E-state index in [0.717, 1.165) is 0 Å². The van der Waals surface area contributed by atoms with Gasteiger partial charge in [-0.1, -0.05) is 0 Å². The van der Waals surface area contributed by atoms with Crippen LogP contribution in [0, 0.1) is 5.41 Å². The predicted molar refractivity (Wildman–Crippen MR) is 68.6 cm³/mol. The Kier molecular flexibility index (Phi) is 4.74. The number of hydrogen-bond donors (Lipinski definition) is 2. The number of amides is 3. The predicted octanol–water partition coefficient (Wildman–Crippen LogP) is -0.0291. The molecule has 0 spiro atoms. The van der Waals surface area contributed by atoms with Gasteiger partial charge in [0.2, 0.25) is 5.91 Å². The van der Waals surface area contributed by atoms with E-state index in [9.17, 15) is 14.4 Å². The first kappa shape index (κ1) is 15.3. The van der Waals surface area contributed by atoms with Crippen LogP contribution in [-0.4, -0.2) is 66.0 Å². The van der Waals surface area contributed by atoms with Gasteiger partial charge in [-0.3, -0.25) is 9.59 Å². The fraction of sp³-hybridized carbons (Fsp3) is 0.750. The minimum atomic E-state index is -1.04. The Balaban J connectivity index is 2.70. The Morgan fingerprint density at radius 2 is 2.05 bits per heavy atom. The van der Waals surface area contributed by atoms with Gasteiger partial charge in [0.15, 0.2) is 0 Å². The van der Waals surface area contributed by atoms with Crippen LogP contribution in [0.5, 0.6) is 0 Å². The van der Waals surface area contributed by atoms with Gasteiger partial charge in [-0.05, 0) is 20.3 Å². The number of aliphatic carboxylic acids is 1. The number of carboxylic acid groups (broad SMARTS) is 1. The van der Waals surface area contributed by atoms with Crippen molar-refractivity contribution in [3.05, 3.63) is 0 Å². The summed E-state index contributed by atoms with van der Waals surface area (Å²) in [5, 5.41) is 11.4. The first-order chi connectivity index (χ1) is 8.84. The number of carbonyl (C=O) groups excluding carboxylic acids is 2. The van der Waals surface area contributed by atoms with Crippen LogP contribution in [0.15, 0.2) is 0 Å². The van der Waals surface area contributed by atoms with Gasteiger partial charge in [-0.15, -0.1) is 0 Å². The lowest BCUT2D eigenvalue weighted by Gasteiger charge is -2.27. The molecule has 7 heteroatoms. The van der Waals surface area contributed by atoms with Crippen LogP contribution in [0.2, 0.25) is 0 Å². The maximum Gasteiger partial charge on any atom is 0.323 e. The summed E-state index contributed by atoms with van der Waals surface area (Å²) in [6.07, 6.45) is 0.586. The largest absolute Gasteiger partial charge is 0.480 e. The Bertz CT molecular complexity index is 385. The van der Waals surface area contributed by atoms with E-state index in [4.69, 9.17) is 5.11 Å². The van der Waals surface area contributed by atoms with Crippen molar-refractivity contribution in [2.45, 2.75) is 20.3 Å². The van der Waals surface area contributed by atoms with Crippen molar-refractivity contribution in [2.75, 3.05) is 33.2 Å². The second-order valence-corrected chi connectivity index (χ2v) is 5.00. The van der Waals surface area contributed by atoms with E-state index in [-0.39, 0.29) is 18.5 Å². The number of carboxylic acids is 1. The van der Waals surface area contributed by atoms with Crippen LogP contribution in [0.25, 0.3) is 0 Å². The second kappa shape index (κ2) is 5.90. The molecule has 1 atom stereocenters. The van der Waals surface area contributed by atoms with Crippen molar-refractivity contribution in [1.29, 1.82) is 0 Å². The average molecular weight is 271 g/mol. The monoisotopic (exact) mass is 271 g/mol. The molecule has 0 aromatic carbocycles. The van der Waals surface area contributed by atoms with Crippen molar-refractivity contribution in [3.8, 4) is 0 Å². The van der Waals surface area contributed by atoms with E-state index in [1.165, 1.54) is 4.90 Å². The first-order valence-corrected chi connectivity index (χ1v) is 6.32. The van der Waals surface area contributed by atoms with E-state index in [1.54, 1.807) is 18.9 Å². The molecular weight excluding hydrogens is 250 g/mol. The molecule has 1 rings (SSSR count). The van der Waals surface area contributed by atoms with Gasteiger partial charge in [-0.2, -0.15) is 0 Å². The zero-order chi connectivity index (χ0) is 14.6. The Labute approximate surface area is 112 Å². The first-order valence-electron chi connectivity index (χ1n) is 6.32. The Morgan fingerprint density at radius 1 is 1.42 bits per heavy atom. The molecule has 0 aliphatic carbocycles. The number of hydrogen-bond acceptors (Lipinski definition) is 3. The summed E-state index contributed by atoms with van der Waals surface area (Å²) in [7, 11) is 1.57. The molecule has 7 nitrogen and oxygen atoms in total. The van der Waals surface area contributed by atoms with E-state index >= 15 is 0 Å². The zero-order valence-electron chi connectivity index (χ0n) is 11.6. The van der Waals surface area contributed by atoms with Gasteiger partial charge >= 0.3 is 12.0 Å². The van der Waals surface area contributed by atoms with E-state index in [0.29, 0.717) is 26.1 Å². The number of nitrogens with one attached hydrogen (secondary N) is 1. The summed E-state index contributed by atoms with van der Waals surface area (Å²) in [6, 6.07) is -0.322. The highest BCUT2D eigenvalue weighted by molar-refractivity contribution is 5.85. The quantitative estimate of drug-likeness (QED) is 0.751. The fourth-order valence-electron chi connectivity index (χ4n) is 2.29. The second-order valence-electron chi connectivity index (χ2n) is 5.00. The van der Waals surface area contributed by atoms with Crippen molar-refractivity contribution in [2.24, 2.45) is 5.41 Å². The summed E-state index contributed by atoms with van der Waals surface area (Å²) >= 11 is 0. The molecule has 1 heterocycles. The maximum absolute atomic E-state index is 12.2. The van der Waals surface area contributed by atoms with E-state index < -0.39 is 11.4 Å². The van der Waals surface area contributed by atoms with Crippen molar-refractivity contribution < 1.29 is 19.5 Å². The molecule has 1 unspecified atom stereocenters. The number of rotatable bonds is 4. The average Bonchev–Trinajstić information content (AvgIpc) is 2.77. The van der Waals surface area contributed by atoms with Crippen LogP contribution in [0.1, 0.15) is 20.3 Å². The van der Waals surface area contributed by atoms with Crippen LogP contribution in [0.4, 0.5) is 4.79 Å². The van der Waals surface area contributed by atoms with Gasteiger partial charge in [0.05, 0.1) is 5.41 Å². The van der Waals surface area contributed by atoms with Crippen molar-refractivity contribution in [3.63, 3.8) is 0 Å². The van der Waals surface area contributed by atoms with Gasteiger partial charge < -0.3 is 20.2 Å². The molecule has 1 saturated heterocycles. The van der Waals surface area contributed by atoms with Gasteiger partial charge in [0.25, 0.3) is 0 Å². The summed E-state index contributed by atoms with van der Waals surface area (Å²) in [6.45, 7) is 4.35. The molecule has 0 radical (unpaired) electrons. The standard InChI is InChI=1S/C12H21N3O4/c1-4-14(7-9(16)17)11(19)15-6-5-12(2,8-15)10(18)13-3/h4-8H2,1-3H3,(H,13,18)(H,16,17). The molecule has 0 aromatic heterocycles. The SMILES string of the molecule is CCN(CC(=O)O)C(=O)N1CCC(C)(C(=O)NC)C1. The van der Waals surface area contributed by atoms with Crippen LogP contribution in [0.3, 0.4) is 0 Å². The number of likely N-dealkylation sites (N-methyl/N-ethyl adjacent to an activating group) is 1. The van der Waals surface area contributed by atoms with Crippen LogP contribution >= 0.6 is 0 Å². The molecule has 0 aromatic rings. The zero-order valence-corrected chi connectivity index (χ0v) is 11.6. The minimum Gasteiger partial charge on any atom is -0.480 e. The van der Waals surface area contributed by atoms with E-state index in [1.807, 2.05) is 6.92 Å². The lowest BCUT2D eigenvalue weighted by atomic mass is 9.89. The minimum absolute atomic E-state index is 0.0934. The lowest BCUT2D eigenvalue weighted by Crippen LogP contribution is -2.46. The van der Waals surface area contributed by atoms with E-state index in [2.05, 4.69) is 5.32 Å². The van der Waals surface area contributed by atoms with Crippen LogP contribution in [-0.2, 0) is 9.59 Å². The maximum atomic E-state index is 12.2. The third-order valence-corrected chi connectivity index (χ3v) is 3.50. The smallest absolute Gasteiger partial charge is 0.323 e. The highest BCUT2D eigenvalue weighted by Crippen LogP contribution is 2.30. The fourth-order valence-corrected chi connectivity index (χ4v) is 2.29. The number of nitrogens with zero attached hydrogens (tertiary/aromatic N) is 2. The molecule has 0 saturated carbocycles. The molecule has 3 amide bonds. The Hall–Kier alpha value is -1.79. The van der Waals surface area contributed by atoms with Crippen LogP contribution < -0.4 is 5.32 Å². The topological polar surface area (TPSA) is 90.0 Å².